The predicted octanol–water partition coefficient (Wildman–Crippen LogP) is 5.81. The van der Waals surface area contributed by atoms with E-state index in [4.69, 9.17) is 0 Å². The van der Waals surface area contributed by atoms with Crippen LogP contribution in [0.25, 0.3) is 10.8 Å². The van der Waals surface area contributed by atoms with Crippen LogP contribution in [0.3, 0.4) is 0 Å². The van der Waals surface area contributed by atoms with Gasteiger partial charge in [-0.25, -0.2) is 0 Å². The van der Waals surface area contributed by atoms with Gasteiger partial charge in [0.05, 0.1) is 0 Å². The van der Waals surface area contributed by atoms with E-state index < -0.39 is 7.29 Å². The molecule has 4 aromatic carbocycles. The number of hydrogen-bond acceptors (Lipinski definition) is 1. The molecule has 0 unspecified atom stereocenters. The third-order valence-corrected chi connectivity index (χ3v) is 7.89. The lowest BCUT2D eigenvalue weighted by Crippen LogP contribution is -2.30. The van der Waals surface area contributed by atoms with Gasteiger partial charge in [-0.2, -0.15) is 0 Å². The molecular formula is C25H24NOP. The summed E-state index contributed by atoms with van der Waals surface area (Å²) in [6.45, 7) is 2.13. The van der Waals surface area contributed by atoms with E-state index in [-0.39, 0.29) is 6.04 Å². The Morgan fingerprint density at radius 3 is 1.82 bits per heavy atom. The van der Waals surface area contributed by atoms with Crippen molar-refractivity contribution >= 4 is 28.7 Å². The molecule has 3 heteroatoms. The van der Waals surface area contributed by atoms with Crippen LogP contribution < -0.4 is 15.7 Å². The summed E-state index contributed by atoms with van der Waals surface area (Å²) < 4.78 is 14.3. The van der Waals surface area contributed by atoms with Crippen LogP contribution in [0.2, 0.25) is 0 Å². The molecule has 0 aliphatic rings. The van der Waals surface area contributed by atoms with Crippen LogP contribution in [0.4, 0.5) is 0 Å². The zero-order valence-corrected chi connectivity index (χ0v) is 16.8. The van der Waals surface area contributed by atoms with Crippen molar-refractivity contribution in [2.45, 2.75) is 19.4 Å². The van der Waals surface area contributed by atoms with E-state index in [1.807, 2.05) is 60.7 Å². The molecule has 28 heavy (non-hydrogen) atoms. The van der Waals surface area contributed by atoms with Gasteiger partial charge in [0.15, 0.2) is 0 Å². The molecule has 1 atom stereocenters. The van der Waals surface area contributed by atoms with Crippen molar-refractivity contribution < 1.29 is 4.57 Å². The van der Waals surface area contributed by atoms with Crippen molar-refractivity contribution in [1.29, 1.82) is 0 Å². The maximum absolute atomic E-state index is 14.3. The summed E-state index contributed by atoms with van der Waals surface area (Å²) >= 11 is 0. The van der Waals surface area contributed by atoms with Crippen molar-refractivity contribution in [2.24, 2.45) is 0 Å². The van der Waals surface area contributed by atoms with Gasteiger partial charge in [0.1, 0.15) is 0 Å². The molecule has 4 rings (SSSR count). The normalized spacial score (nSPS) is 12.8. The van der Waals surface area contributed by atoms with Gasteiger partial charge in [0.2, 0.25) is 7.29 Å². The van der Waals surface area contributed by atoms with Crippen molar-refractivity contribution in [2.75, 3.05) is 0 Å². The third-order valence-electron chi connectivity index (χ3n) is 5.16. The molecule has 0 aliphatic heterocycles. The molecule has 0 amide bonds. The maximum Gasteiger partial charge on any atom is 0.205 e. The minimum Gasteiger partial charge on any atom is -0.297 e. The molecule has 140 valence electrons. The summed E-state index contributed by atoms with van der Waals surface area (Å²) in [5.41, 5.74) is 1.16. The summed E-state index contributed by atoms with van der Waals surface area (Å²) in [5.74, 6) is 0. The van der Waals surface area contributed by atoms with Crippen molar-refractivity contribution in [1.82, 2.24) is 5.09 Å². The highest BCUT2D eigenvalue weighted by atomic mass is 31.2. The minimum atomic E-state index is -2.97. The molecule has 0 saturated carbocycles. The van der Waals surface area contributed by atoms with Gasteiger partial charge >= 0.3 is 0 Å². The second kappa shape index (κ2) is 8.14. The van der Waals surface area contributed by atoms with Crippen LogP contribution >= 0.6 is 7.29 Å². The molecule has 0 spiro atoms. The summed E-state index contributed by atoms with van der Waals surface area (Å²) in [6.07, 6.45) is 0.849. The first-order valence-corrected chi connectivity index (χ1v) is 11.4. The van der Waals surface area contributed by atoms with Crippen LogP contribution in [0.5, 0.6) is 0 Å². The van der Waals surface area contributed by atoms with Crippen LogP contribution in [0.1, 0.15) is 24.9 Å². The van der Waals surface area contributed by atoms with Gasteiger partial charge in [0, 0.05) is 16.7 Å². The van der Waals surface area contributed by atoms with Crippen molar-refractivity contribution in [3.63, 3.8) is 0 Å². The number of hydrogen-bond donors (Lipinski definition) is 1. The number of benzene rings is 4. The number of rotatable bonds is 6. The molecule has 0 aliphatic carbocycles. The second-order valence-corrected chi connectivity index (χ2v) is 9.49. The summed E-state index contributed by atoms with van der Waals surface area (Å²) in [5, 5.41) is 7.64. The zero-order valence-electron chi connectivity index (χ0n) is 16.0. The quantitative estimate of drug-likeness (QED) is 0.424. The molecule has 0 heterocycles. The van der Waals surface area contributed by atoms with E-state index in [1.165, 1.54) is 10.8 Å². The molecule has 0 saturated heterocycles. The molecule has 0 aromatic heterocycles. The third kappa shape index (κ3) is 3.67. The van der Waals surface area contributed by atoms with E-state index in [9.17, 15) is 4.57 Å². The van der Waals surface area contributed by atoms with Crippen molar-refractivity contribution in [3.05, 3.63) is 109 Å². The average Bonchev–Trinajstić information content (AvgIpc) is 2.78. The van der Waals surface area contributed by atoms with Crippen LogP contribution in [0, 0.1) is 0 Å². The Labute approximate surface area is 166 Å². The van der Waals surface area contributed by atoms with Crippen LogP contribution in [-0.2, 0) is 4.57 Å². The van der Waals surface area contributed by atoms with Gasteiger partial charge in [-0.3, -0.25) is 9.65 Å². The Bertz CT molecular complexity index is 1070. The smallest absolute Gasteiger partial charge is 0.205 e. The van der Waals surface area contributed by atoms with E-state index in [0.29, 0.717) is 0 Å². The molecular weight excluding hydrogens is 361 g/mol. The van der Waals surface area contributed by atoms with E-state index >= 15 is 0 Å². The topological polar surface area (TPSA) is 29.1 Å². The lowest BCUT2D eigenvalue weighted by atomic mass is 10.0. The van der Waals surface area contributed by atoms with Gasteiger partial charge in [0.25, 0.3) is 0 Å². The molecule has 2 nitrogen and oxygen atoms in total. The Balaban J connectivity index is 1.77. The molecule has 4 aromatic rings. The van der Waals surface area contributed by atoms with Gasteiger partial charge in [-0.1, -0.05) is 79.7 Å². The highest BCUT2D eigenvalue weighted by molar-refractivity contribution is 7.76. The lowest BCUT2D eigenvalue weighted by molar-refractivity contribution is 0.556. The fourth-order valence-corrected chi connectivity index (χ4v) is 6.17. The highest BCUT2D eigenvalue weighted by Gasteiger charge is 2.30. The maximum atomic E-state index is 14.3. The monoisotopic (exact) mass is 385 g/mol. The molecule has 0 fully saturated rings. The SMILES string of the molecule is CC[C@@H](NP(=O)(c1ccccc1)c1ccccc1)c1ccc2ccccc2c1. The number of fused-ring (bicyclic) bond motifs is 1. The number of nitrogens with one attached hydrogen (secondary N) is 1. The first-order valence-electron chi connectivity index (χ1n) is 9.68. The first kappa shape index (κ1) is 18.7. The van der Waals surface area contributed by atoms with Gasteiger partial charge in [-0.15, -0.1) is 0 Å². The fraction of sp³-hybridized carbons (Fsp3) is 0.120. The Morgan fingerprint density at radius 2 is 1.25 bits per heavy atom. The van der Waals surface area contributed by atoms with E-state index in [2.05, 4.69) is 54.5 Å². The molecule has 0 radical (unpaired) electrons. The van der Waals surface area contributed by atoms with Crippen LogP contribution in [0.15, 0.2) is 103 Å². The second-order valence-electron chi connectivity index (χ2n) is 6.98. The van der Waals surface area contributed by atoms with E-state index in [1.54, 1.807) is 0 Å². The first-order chi connectivity index (χ1) is 13.7. The summed E-state index contributed by atoms with van der Waals surface area (Å²) in [4.78, 5) is 0. The standard InChI is InChI=1S/C25H24NOP/c1-2-25(22-18-17-20-11-9-10-12-21(20)19-22)26-28(27,23-13-5-3-6-14-23)24-15-7-4-8-16-24/h3-19,25H,2H2,1H3,(H,26,27)/t25-/m1/s1. The Kier molecular flexibility index (Phi) is 5.43. The predicted molar refractivity (Wildman–Crippen MR) is 120 cm³/mol. The zero-order chi connectivity index (χ0) is 19.4. The largest absolute Gasteiger partial charge is 0.297 e. The summed E-state index contributed by atoms with van der Waals surface area (Å²) in [7, 11) is -2.97. The summed E-state index contributed by atoms with van der Waals surface area (Å²) in [6, 6.07) is 34.4. The van der Waals surface area contributed by atoms with Gasteiger partial charge < -0.3 is 0 Å². The van der Waals surface area contributed by atoms with E-state index in [0.717, 1.165) is 22.6 Å². The van der Waals surface area contributed by atoms with Crippen LogP contribution in [-0.4, -0.2) is 0 Å². The Hall–Kier alpha value is -2.67. The fourth-order valence-electron chi connectivity index (χ4n) is 3.62. The molecule has 1 N–H and O–H groups in total. The van der Waals surface area contributed by atoms with Gasteiger partial charge in [-0.05, 0) is 53.1 Å². The Morgan fingerprint density at radius 1 is 0.714 bits per heavy atom. The van der Waals surface area contributed by atoms with Crippen molar-refractivity contribution in [3.8, 4) is 0 Å². The highest BCUT2D eigenvalue weighted by Crippen LogP contribution is 2.42. The minimum absolute atomic E-state index is 0.00384. The lowest BCUT2D eigenvalue weighted by Gasteiger charge is -2.27. The average molecular weight is 385 g/mol. The molecule has 0 bridgehead atoms.